The predicted octanol–water partition coefficient (Wildman–Crippen LogP) is 16.4. The maximum atomic E-state index is 8.82. The standard InChI is InChI=1S/C69H63B2N7O/c1-68(2,3)49-29-32-61-55(41-49)54-31-30-52(45-65(54)78(61)67-74-60-25-11-12-26-62(60)75(67)7)79-53-40-48(47-21-9-8-10-22-47)39-51(44-53)76-46-77(64-28-14-13-27-63(64)76)66-56(58-23-19-37-72-35-17-15-33-70-58)42-50(69(4,5)6)43-57(66)59-24-20-38-73-36-18-16-34-71-59/h8-45,72-73H,46H2,1-7H3/b33-15-,34-16-,35-17-,36-18-,37-19-,38-20-,58-23-,59-24-/i7D3. The van der Waals surface area contributed by atoms with Crippen molar-refractivity contribution < 1.29 is 8.85 Å². The average molecular weight is 1030 g/mol. The summed E-state index contributed by atoms with van der Waals surface area (Å²) in [6, 6.07) is 50.3. The van der Waals surface area contributed by atoms with Gasteiger partial charge in [0.15, 0.2) is 14.6 Å². The number of ether oxygens (including phenoxy) is 1. The van der Waals surface area contributed by atoms with E-state index in [0.717, 1.165) is 77.8 Å². The zero-order chi connectivity index (χ0) is 56.8. The lowest BCUT2D eigenvalue weighted by Gasteiger charge is -2.31. The summed E-state index contributed by atoms with van der Waals surface area (Å²) in [4.78, 5) is 9.89. The molecule has 0 amide bonds. The average Bonchev–Trinajstić information content (AvgIpc) is 2.71. The molecule has 79 heavy (non-hydrogen) atoms. The lowest BCUT2D eigenvalue weighted by Crippen LogP contribution is -2.26. The number of hydrogen-bond donors (Lipinski definition) is 2. The fourth-order valence-electron chi connectivity index (χ4n) is 10.7. The quantitative estimate of drug-likeness (QED) is 0.148. The van der Waals surface area contributed by atoms with Crippen LogP contribution in [0, 0.1) is 0 Å². The van der Waals surface area contributed by atoms with E-state index < -0.39 is 6.98 Å². The summed E-state index contributed by atoms with van der Waals surface area (Å²) < 4.78 is 36.9. The van der Waals surface area contributed by atoms with Gasteiger partial charge in [0.2, 0.25) is 5.95 Å². The third kappa shape index (κ3) is 10.1. The lowest BCUT2D eigenvalue weighted by atomic mass is 9.62. The van der Waals surface area contributed by atoms with E-state index in [0.29, 0.717) is 35.1 Å². The molecular formula is C69H63B2N7O. The van der Waals surface area contributed by atoms with Gasteiger partial charge in [0.1, 0.15) is 18.2 Å². The topological polar surface area (TPSA) is 62.5 Å². The summed E-state index contributed by atoms with van der Waals surface area (Å²) in [5.41, 5.74) is 15.3. The number of allylic oxidation sites excluding steroid dienone is 8. The van der Waals surface area contributed by atoms with Crippen molar-refractivity contribution in [3.8, 4) is 28.6 Å². The summed E-state index contributed by atoms with van der Waals surface area (Å²) in [6.45, 7) is 11.4. The molecule has 386 valence electrons. The van der Waals surface area contributed by atoms with Crippen LogP contribution in [-0.4, -0.2) is 35.3 Å². The van der Waals surface area contributed by atoms with E-state index in [-0.39, 0.29) is 10.8 Å². The summed E-state index contributed by atoms with van der Waals surface area (Å²) in [5.74, 6) is 5.73. The first-order chi connectivity index (χ1) is 39.6. The van der Waals surface area contributed by atoms with Crippen molar-refractivity contribution in [1.82, 2.24) is 24.8 Å². The number of imidazole rings is 1. The molecule has 0 saturated carbocycles. The number of aromatic nitrogens is 3. The monoisotopic (exact) mass is 1030 g/mol. The Bertz CT molecular complexity index is 4130. The van der Waals surface area contributed by atoms with Gasteiger partial charge in [-0.1, -0.05) is 137 Å². The number of rotatable bonds is 8. The molecule has 0 bridgehead atoms. The molecular weight excluding hydrogens is 964 g/mol. The number of benzene rings is 7. The number of fused-ring (bicyclic) bond motifs is 5. The number of nitrogens with one attached hydrogen (secondary N) is 2. The number of para-hydroxylation sites is 4. The van der Waals surface area contributed by atoms with Crippen LogP contribution in [0.1, 0.15) is 67.9 Å². The van der Waals surface area contributed by atoms with E-state index in [1.165, 1.54) is 15.7 Å². The minimum absolute atomic E-state index is 0.128. The van der Waals surface area contributed by atoms with Gasteiger partial charge in [-0.15, -0.1) is 12.0 Å². The van der Waals surface area contributed by atoms with Crippen LogP contribution in [0.25, 0.3) is 60.9 Å². The van der Waals surface area contributed by atoms with Gasteiger partial charge < -0.3 is 29.7 Å². The molecule has 0 unspecified atom stereocenters. The first kappa shape index (κ1) is 47.1. The second-order valence-corrected chi connectivity index (χ2v) is 22.2. The number of aryl methyl sites for hydroxylation is 1. The van der Waals surface area contributed by atoms with Gasteiger partial charge in [-0.3, -0.25) is 4.57 Å². The van der Waals surface area contributed by atoms with Crippen LogP contribution in [0.2, 0.25) is 0 Å². The van der Waals surface area contributed by atoms with Crippen LogP contribution in [0.5, 0.6) is 11.5 Å². The van der Waals surface area contributed by atoms with Gasteiger partial charge in [-0.25, -0.2) is 4.98 Å². The highest BCUT2D eigenvalue weighted by Gasteiger charge is 2.34. The summed E-state index contributed by atoms with van der Waals surface area (Å²) in [6.07, 6.45) is 24.3. The van der Waals surface area contributed by atoms with Crippen LogP contribution in [0.3, 0.4) is 0 Å². The van der Waals surface area contributed by atoms with E-state index in [4.69, 9.17) is 13.8 Å². The smallest absolute Gasteiger partial charge is 0.215 e. The normalized spacial score (nSPS) is 19.1. The van der Waals surface area contributed by atoms with Gasteiger partial charge in [-0.2, -0.15) is 0 Å². The van der Waals surface area contributed by atoms with Gasteiger partial charge in [0.05, 0.1) is 39.1 Å². The Labute approximate surface area is 470 Å². The molecule has 2 N–H and O–H groups in total. The van der Waals surface area contributed by atoms with Crippen molar-refractivity contribution in [1.29, 1.82) is 0 Å². The largest absolute Gasteiger partial charge is 0.457 e. The second-order valence-electron chi connectivity index (χ2n) is 22.2. The Morgan fingerprint density at radius 3 is 1.86 bits per heavy atom. The first-order valence-electron chi connectivity index (χ1n) is 28.5. The maximum absolute atomic E-state index is 8.82. The third-order valence-corrected chi connectivity index (χ3v) is 14.8. The maximum Gasteiger partial charge on any atom is 0.215 e. The van der Waals surface area contributed by atoms with Crippen LogP contribution >= 0.6 is 0 Å². The minimum Gasteiger partial charge on any atom is -0.457 e. The van der Waals surface area contributed by atoms with Gasteiger partial charge in [0.25, 0.3) is 0 Å². The highest BCUT2D eigenvalue weighted by atomic mass is 16.5. The Morgan fingerprint density at radius 2 is 1.18 bits per heavy atom. The molecule has 0 atom stereocenters. The second kappa shape index (κ2) is 21.0. The SMILES string of the molecule is [2H]C([2H])([2H])n1c(-n2c3ccc(C(C)(C)C)cc3c3ccc(Oc4cc(-c5ccccc5)cc(N5CN(c6c(/C7=C/C=C\N/C=C\C=C/[B]7)cc(C(C)(C)C)cc6/C6=C/C=C\N/C=C\C=C/[B]6)c6ccccc65)c4)cc32)nc2ccccc21. The van der Waals surface area contributed by atoms with E-state index in [1.54, 1.807) is 0 Å². The zero-order valence-electron chi connectivity index (χ0n) is 48.4. The molecule has 7 aromatic carbocycles. The summed E-state index contributed by atoms with van der Waals surface area (Å²) in [7, 11) is 4.40. The lowest BCUT2D eigenvalue weighted by molar-refractivity contribution is 0.483. The van der Waals surface area contributed by atoms with E-state index >= 15 is 0 Å². The van der Waals surface area contributed by atoms with Crippen molar-refractivity contribution in [2.45, 2.75) is 52.4 Å². The molecule has 2 aromatic heterocycles. The summed E-state index contributed by atoms with van der Waals surface area (Å²) >= 11 is 0. The Balaban J connectivity index is 1.03. The molecule has 2 radical (unpaired) electrons. The van der Waals surface area contributed by atoms with Crippen LogP contribution in [-0.2, 0) is 17.8 Å². The molecule has 10 heteroatoms. The Kier molecular flexibility index (Phi) is 12.5. The number of nitrogens with zero attached hydrogens (tertiary/aromatic N) is 5. The van der Waals surface area contributed by atoms with Gasteiger partial charge >= 0.3 is 0 Å². The van der Waals surface area contributed by atoms with Gasteiger partial charge in [-0.05, 0) is 141 Å². The molecule has 0 spiro atoms. The van der Waals surface area contributed by atoms with E-state index in [9.17, 15) is 0 Å². The number of hydrogen-bond acceptors (Lipinski definition) is 6. The molecule has 0 aliphatic carbocycles. The molecule has 12 rings (SSSR count). The molecule has 9 aromatic rings. The molecule has 5 heterocycles. The fraction of sp³-hybridized carbons (Fsp3) is 0.145. The van der Waals surface area contributed by atoms with Gasteiger partial charge in [0, 0.05) is 64.5 Å². The van der Waals surface area contributed by atoms with Crippen molar-refractivity contribution in [2.75, 3.05) is 16.5 Å². The van der Waals surface area contributed by atoms with Crippen LogP contribution in [0.4, 0.5) is 22.7 Å². The number of anilines is 4. The van der Waals surface area contributed by atoms with E-state index in [1.807, 2.05) is 96.1 Å². The van der Waals surface area contributed by atoms with Crippen molar-refractivity contribution in [3.63, 3.8) is 0 Å². The fourth-order valence-corrected chi connectivity index (χ4v) is 10.7. The van der Waals surface area contributed by atoms with E-state index in [2.05, 4.69) is 216 Å². The predicted molar refractivity (Wildman–Crippen MR) is 335 cm³/mol. The molecule has 3 aliphatic heterocycles. The summed E-state index contributed by atoms with van der Waals surface area (Å²) in [5, 5.41) is 8.49. The molecule has 3 aliphatic rings. The highest BCUT2D eigenvalue weighted by Crippen LogP contribution is 2.50. The molecule has 0 saturated heterocycles. The van der Waals surface area contributed by atoms with Crippen molar-refractivity contribution >= 4 is 81.1 Å². The van der Waals surface area contributed by atoms with Crippen molar-refractivity contribution in [2.24, 2.45) is 6.98 Å². The third-order valence-electron chi connectivity index (χ3n) is 14.8. The van der Waals surface area contributed by atoms with Crippen molar-refractivity contribution in [3.05, 3.63) is 253 Å². The first-order valence-corrected chi connectivity index (χ1v) is 27.0. The minimum atomic E-state index is -2.52. The highest BCUT2D eigenvalue weighted by molar-refractivity contribution is 6.67. The Morgan fingerprint density at radius 1 is 0.532 bits per heavy atom. The molecule has 8 nitrogen and oxygen atoms in total. The molecule has 0 fully saturated rings. The Hall–Kier alpha value is -9.14. The van der Waals surface area contributed by atoms with Crippen LogP contribution < -0.4 is 25.2 Å². The zero-order valence-corrected chi connectivity index (χ0v) is 45.4. The van der Waals surface area contributed by atoms with Crippen LogP contribution in [0.15, 0.2) is 231 Å².